The Labute approximate surface area is 165 Å². The van der Waals surface area contributed by atoms with Gasteiger partial charge in [-0.2, -0.15) is 5.10 Å². The van der Waals surface area contributed by atoms with Crippen LogP contribution in [0, 0.1) is 15.9 Å². The van der Waals surface area contributed by atoms with E-state index in [0.717, 1.165) is 11.8 Å². The van der Waals surface area contributed by atoms with Crippen LogP contribution in [0.5, 0.6) is 0 Å². The topological polar surface area (TPSA) is 98.8 Å². The van der Waals surface area contributed by atoms with Gasteiger partial charge in [-0.3, -0.25) is 10.1 Å². The lowest BCUT2D eigenvalue weighted by Crippen LogP contribution is -2.03. The molecule has 0 unspecified atom stereocenters. The molecule has 1 N–H and O–H groups in total. The van der Waals surface area contributed by atoms with Crippen molar-refractivity contribution in [3.63, 3.8) is 0 Å². The Bertz CT molecular complexity index is 1170. The molecule has 0 bridgehead atoms. The number of nitrogens with one attached hydrogen (secondary N) is 1. The average Bonchev–Trinajstić information content (AvgIpc) is 3.13. The molecule has 0 radical (unpaired) electrons. The Balaban J connectivity index is 1.82. The van der Waals surface area contributed by atoms with Gasteiger partial charge < -0.3 is 5.32 Å². The predicted molar refractivity (Wildman–Crippen MR) is 107 cm³/mol. The quantitative estimate of drug-likeness (QED) is 0.377. The zero-order valence-electron chi connectivity index (χ0n) is 15.5. The van der Waals surface area contributed by atoms with Gasteiger partial charge >= 0.3 is 0 Å². The van der Waals surface area contributed by atoms with Gasteiger partial charge in [-0.15, -0.1) is 0 Å². The molecule has 2 aromatic heterocycles. The van der Waals surface area contributed by atoms with E-state index in [4.69, 9.17) is 0 Å². The van der Waals surface area contributed by atoms with Crippen LogP contribution in [-0.4, -0.2) is 24.7 Å². The van der Waals surface area contributed by atoms with Gasteiger partial charge in [0.2, 0.25) is 0 Å². The molecular weight excluding hydrogens is 375 g/mol. The second-order valence-corrected chi connectivity index (χ2v) is 6.44. The summed E-state index contributed by atoms with van der Waals surface area (Å²) in [6.07, 6.45) is 2.57. The number of aryl methyl sites for hydroxylation is 1. The SMILES string of the molecule is CCCn1ncc2c(Nc3ccc(F)cc3)nc(-c3ccc([N+](=O)[O-])cc3)nc21. The molecular formula is C20H17FN6O2. The average molecular weight is 392 g/mol. The van der Waals surface area contributed by atoms with Crippen LogP contribution in [0.4, 0.5) is 21.6 Å². The largest absolute Gasteiger partial charge is 0.339 e. The highest BCUT2D eigenvalue weighted by Gasteiger charge is 2.15. The minimum Gasteiger partial charge on any atom is -0.339 e. The smallest absolute Gasteiger partial charge is 0.269 e. The molecule has 0 fully saturated rings. The van der Waals surface area contributed by atoms with E-state index in [1.807, 2.05) is 6.92 Å². The summed E-state index contributed by atoms with van der Waals surface area (Å²) in [5.41, 5.74) is 1.96. The molecule has 0 saturated heterocycles. The van der Waals surface area contributed by atoms with Crippen LogP contribution in [0.3, 0.4) is 0 Å². The van der Waals surface area contributed by atoms with E-state index >= 15 is 0 Å². The van der Waals surface area contributed by atoms with E-state index in [-0.39, 0.29) is 11.5 Å². The number of non-ortho nitro benzene ring substituents is 1. The molecule has 0 amide bonds. The molecule has 0 aliphatic heterocycles. The highest BCUT2D eigenvalue weighted by Crippen LogP contribution is 2.28. The van der Waals surface area contributed by atoms with Crippen molar-refractivity contribution in [2.24, 2.45) is 0 Å². The third-order valence-corrected chi connectivity index (χ3v) is 4.37. The predicted octanol–water partition coefficient (Wildman–Crippen LogP) is 4.69. The van der Waals surface area contributed by atoms with Crippen molar-refractivity contribution in [3.05, 3.63) is 70.7 Å². The van der Waals surface area contributed by atoms with Gasteiger partial charge in [-0.25, -0.2) is 19.0 Å². The zero-order chi connectivity index (χ0) is 20.4. The Kier molecular flexibility index (Phi) is 4.86. The fraction of sp³-hybridized carbons (Fsp3) is 0.150. The Morgan fingerprint density at radius 1 is 1.10 bits per heavy atom. The number of nitrogens with zero attached hydrogens (tertiary/aromatic N) is 5. The van der Waals surface area contributed by atoms with E-state index in [1.54, 1.807) is 35.1 Å². The van der Waals surface area contributed by atoms with Crippen LogP contribution in [0.2, 0.25) is 0 Å². The lowest BCUT2D eigenvalue weighted by atomic mass is 10.2. The summed E-state index contributed by atoms with van der Waals surface area (Å²) in [5.74, 6) is 0.609. The summed E-state index contributed by atoms with van der Waals surface area (Å²) in [5, 5.41) is 19.2. The van der Waals surface area contributed by atoms with Crippen LogP contribution in [0.1, 0.15) is 13.3 Å². The van der Waals surface area contributed by atoms with Gasteiger partial charge in [0.05, 0.1) is 16.5 Å². The maximum absolute atomic E-state index is 13.2. The van der Waals surface area contributed by atoms with Gasteiger partial charge in [-0.1, -0.05) is 6.92 Å². The molecule has 0 aliphatic carbocycles. The van der Waals surface area contributed by atoms with Crippen LogP contribution in [-0.2, 0) is 6.54 Å². The summed E-state index contributed by atoms with van der Waals surface area (Å²) in [6, 6.07) is 12.0. The van der Waals surface area contributed by atoms with Crippen LogP contribution < -0.4 is 5.32 Å². The molecule has 9 heteroatoms. The first-order valence-electron chi connectivity index (χ1n) is 9.06. The van der Waals surface area contributed by atoms with E-state index in [1.165, 1.54) is 24.3 Å². The van der Waals surface area contributed by atoms with Crippen molar-refractivity contribution in [3.8, 4) is 11.4 Å². The van der Waals surface area contributed by atoms with Crippen molar-refractivity contribution in [1.82, 2.24) is 19.7 Å². The number of aromatic nitrogens is 4. The van der Waals surface area contributed by atoms with Crippen LogP contribution in [0.15, 0.2) is 54.7 Å². The maximum Gasteiger partial charge on any atom is 0.269 e. The summed E-state index contributed by atoms with van der Waals surface area (Å²) in [6.45, 7) is 2.74. The van der Waals surface area contributed by atoms with Crippen molar-refractivity contribution >= 4 is 28.2 Å². The van der Waals surface area contributed by atoms with Crippen molar-refractivity contribution < 1.29 is 9.31 Å². The molecule has 2 aromatic carbocycles. The number of nitro benzene ring substituents is 1. The van der Waals surface area contributed by atoms with Crippen molar-refractivity contribution in [2.45, 2.75) is 19.9 Å². The van der Waals surface area contributed by atoms with Gasteiger partial charge in [0.15, 0.2) is 11.5 Å². The highest BCUT2D eigenvalue weighted by atomic mass is 19.1. The van der Waals surface area contributed by atoms with Crippen molar-refractivity contribution in [2.75, 3.05) is 5.32 Å². The molecule has 8 nitrogen and oxygen atoms in total. The third kappa shape index (κ3) is 3.75. The minimum absolute atomic E-state index is 0.00415. The van der Waals surface area contributed by atoms with Crippen molar-refractivity contribution in [1.29, 1.82) is 0 Å². The number of nitro groups is 1. The first kappa shape index (κ1) is 18.5. The monoisotopic (exact) mass is 392 g/mol. The van der Waals surface area contributed by atoms with E-state index in [9.17, 15) is 14.5 Å². The summed E-state index contributed by atoms with van der Waals surface area (Å²) < 4.78 is 15.0. The third-order valence-electron chi connectivity index (χ3n) is 4.37. The number of anilines is 2. The van der Waals surface area contributed by atoms with Gasteiger partial charge in [-0.05, 0) is 42.8 Å². The molecule has 0 saturated carbocycles. The Morgan fingerprint density at radius 2 is 1.83 bits per heavy atom. The number of benzene rings is 2. The first-order valence-corrected chi connectivity index (χ1v) is 9.06. The van der Waals surface area contributed by atoms with Crippen LogP contribution >= 0.6 is 0 Å². The number of halogens is 1. The lowest BCUT2D eigenvalue weighted by Gasteiger charge is -2.10. The molecule has 4 rings (SSSR count). The standard InChI is InChI=1S/C20H17FN6O2/c1-2-11-26-20-17(12-22-26)19(23-15-7-5-14(21)6-8-15)24-18(25-20)13-3-9-16(10-4-13)27(28)29/h3-10,12H,2,11H2,1H3,(H,23,24,25). The molecule has 0 aliphatic rings. The number of fused-ring (bicyclic) bond motifs is 1. The normalized spacial score (nSPS) is 11.0. The Morgan fingerprint density at radius 3 is 2.48 bits per heavy atom. The first-order chi connectivity index (χ1) is 14.0. The molecule has 0 atom stereocenters. The zero-order valence-corrected chi connectivity index (χ0v) is 15.5. The maximum atomic E-state index is 13.2. The lowest BCUT2D eigenvalue weighted by molar-refractivity contribution is -0.384. The summed E-state index contributed by atoms with van der Waals surface area (Å²) >= 11 is 0. The number of hydrogen-bond donors (Lipinski definition) is 1. The molecule has 146 valence electrons. The van der Waals surface area contributed by atoms with E-state index in [0.29, 0.717) is 35.1 Å². The van der Waals surface area contributed by atoms with E-state index in [2.05, 4.69) is 20.4 Å². The Hall–Kier alpha value is -3.88. The number of rotatable bonds is 6. The highest BCUT2D eigenvalue weighted by molar-refractivity contribution is 5.90. The number of hydrogen-bond acceptors (Lipinski definition) is 6. The minimum atomic E-state index is -0.453. The van der Waals surface area contributed by atoms with Gasteiger partial charge in [0, 0.05) is 29.9 Å². The van der Waals surface area contributed by atoms with E-state index < -0.39 is 4.92 Å². The van der Waals surface area contributed by atoms with Crippen LogP contribution in [0.25, 0.3) is 22.4 Å². The fourth-order valence-corrected chi connectivity index (χ4v) is 2.96. The molecule has 0 spiro atoms. The molecule has 29 heavy (non-hydrogen) atoms. The summed E-state index contributed by atoms with van der Waals surface area (Å²) in [7, 11) is 0. The fourth-order valence-electron chi connectivity index (χ4n) is 2.96. The van der Waals surface area contributed by atoms with Gasteiger partial charge in [0.25, 0.3) is 5.69 Å². The summed E-state index contributed by atoms with van der Waals surface area (Å²) in [4.78, 5) is 19.7. The van der Waals surface area contributed by atoms with Gasteiger partial charge in [0.1, 0.15) is 11.6 Å². The molecule has 2 heterocycles. The second-order valence-electron chi connectivity index (χ2n) is 6.44. The molecule has 4 aromatic rings. The second kappa shape index (κ2) is 7.63.